The van der Waals surface area contributed by atoms with E-state index in [0.29, 0.717) is 17.7 Å². The average molecular weight is 525 g/mol. The number of amides is 1. The Labute approximate surface area is 153 Å². The Kier molecular flexibility index (Phi) is 6.80. The summed E-state index contributed by atoms with van der Waals surface area (Å²) >= 11 is 0. The van der Waals surface area contributed by atoms with E-state index in [1.807, 2.05) is 10.9 Å². The smallest absolute Gasteiger partial charge is 0.473 e. The molecule has 0 atom stereocenters. The van der Waals surface area contributed by atoms with E-state index in [4.69, 9.17) is 4.74 Å². The van der Waals surface area contributed by atoms with Crippen LogP contribution in [0.15, 0.2) is 22.5 Å². The second-order valence-corrected chi connectivity index (χ2v) is 5.19. The van der Waals surface area contributed by atoms with Gasteiger partial charge in [-0.2, -0.15) is 11.0 Å². The number of rotatable bonds is 5. The molecule has 7 nitrogen and oxygen atoms in total. The summed E-state index contributed by atoms with van der Waals surface area (Å²) in [6.07, 6.45) is 11.1. The van der Waals surface area contributed by atoms with Crippen molar-refractivity contribution in [1.29, 1.82) is 0 Å². The molecule has 0 aromatic carbocycles. The molecular weight excluding hydrogens is 508 g/mol. The first-order valence-electron chi connectivity index (χ1n) is 7.16. The molecule has 1 aliphatic carbocycles. The predicted molar refractivity (Wildman–Crippen MR) is 76.4 cm³/mol. The Hall–Kier alpha value is -0.968. The van der Waals surface area contributed by atoms with Crippen LogP contribution in [-0.4, -0.2) is 41.5 Å². The molecule has 0 radical (unpaired) electrons. The fraction of sp³-hybridized carbons (Fsp3) is 0.571. The number of aromatic nitrogens is 2. The molecular formula is C14H17N5O2U. The van der Waals surface area contributed by atoms with Gasteiger partial charge in [-0.05, 0) is 25.2 Å². The van der Waals surface area contributed by atoms with Gasteiger partial charge in [-0.3, -0.25) is 9.78 Å². The fourth-order valence-electron chi connectivity index (χ4n) is 2.10. The van der Waals surface area contributed by atoms with E-state index in [1.54, 1.807) is 6.07 Å². The summed E-state index contributed by atoms with van der Waals surface area (Å²) in [4.78, 5) is 11.9. The Balaban J connectivity index is 0.00000176. The summed E-state index contributed by atoms with van der Waals surface area (Å²) in [5.74, 6) is 0.0904. The molecule has 2 heterocycles. The van der Waals surface area contributed by atoms with Crippen molar-refractivity contribution in [3.63, 3.8) is 0 Å². The van der Waals surface area contributed by atoms with Crippen molar-refractivity contribution < 1.29 is 40.6 Å². The third-order valence-electron chi connectivity index (χ3n) is 3.49. The molecule has 1 aromatic rings. The van der Waals surface area contributed by atoms with Crippen LogP contribution in [0.25, 0.3) is 0 Å². The second kappa shape index (κ2) is 8.61. The summed E-state index contributed by atoms with van der Waals surface area (Å²) in [5.41, 5.74) is 0.347. The van der Waals surface area contributed by atoms with E-state index in [0.717, 1.165) is 38.9 Å². The number of hydrogen-bond acceptors (Lipinski definition) is 5. The predicted octanol–water partition coefficient (Wildman–Crippen LogP) is 1.14. The number of carbonyl (C=O) groups is 1. The fourth-order valence-corrected chi connectivity index (χ4v) is 2.10. The zero-order valence-electron chi connectivity index (χ0n) is 12.2. The number of nitrogens with zero attached hydrogens (tertiary/aromatic N) is 4. The van der Waals surface area contributed by atoms with Crippen LogP contribution < -0.4 is 5.32 Å². The van der Waals surface area contributed by atoms with Gasteiger partial charge in [0.1, 0.15) is 5.91 Å². The monoisotopic (exact) mass is 525 g/mol. The largest absolute Gasteiger partial charge is 2.00 e. The van der Waals surface area contributed by atoms with Crippen molar-refractivity contribution >= 4 is 18.5 Å². The Morgan fingerprint density at radius 2 is 2.09 bits per heavy atom. The maximum atomic E-state index is 11.9. The van der Waals surface area contributed by atoms with E-state index in [2.05, 4.69) is 33.2 Å². The van der Waals surface area contributed by atoms with Crippen molar-refractivity contribution in [2.75, 3.05) is 13.2 Å². The van der Waals surface area contributed by atoms with Gasteiger partial charge in [-0.25, -0.2) is 0 Å². The van der Waals surface area contributed by atoms with Gasteiger partial charge in [-0.1, -0.05) is 12.8 Å². The number of hydrogen-bond donors (Lipinski definition) is 1. The summed E-state index contributed by atoms with van der Waals surface area (Å²) in [7, 11) is 0. The summed E-state index contributed by atoms with van der Waals surface area (Å²) in [6, 6.07) is 1.99. The van der Waals surface area contributed by atoms with Crippen LogP contribution >= 0.6 is 0 Å². The Bertz CT molecular complexity index is 547. The summed E-state index contributed by atoms with van der Waals surface area (Å²) in [6.45, 7) is 1.48. The van der Waals surface area contributed by atoms with Gasteiger partial charge < -0.3 is 26.2 Å². The molecule has 1 saturated carbocycles. The van der Waals surface area contributed by atoms with Crippen molar-refractivity contribution in [1.82, 2.24) is 15.1 Å². The molecule has 1 N–H and O–H groups in total. The van der Waals surface area contributed by atoms with Crippen molar-refractivity contribution in [3.05, 3.63) is 18.0 Å². The van der Waals surface area contributed by atoms with Gasteiger partial charge in [0.2, 0.25) is 0 Å². The molecule has 1 aliphatic heterocycles. The van der Waals surface area contributed by atoms with Gasteiger partial charge >= 0.3 is 31.1 Å². The zero-order valence-corrected chi connectivity index (χ0v) is 16.3. The van der Waals surface area contributed by atoms with E-state index in [1.165, 1.54) is 0 Å². The first-order chi connectivity index (χ1) is 10.3. The number of carbonyl (C=O) groups excluding carboxylic acids is 1. The van der Waals surface area contributed by atoms with Crippen LogP contribution in [0, 0.1) is 37.0 Å². The first-order valence-corrected chi connectivity index (χ1v) is 7.16. The van der Waals surface area contributed by atoms with Crippen LogP contribution in [0.3, 0.4) is 0 Å². The van der Waals surface area contributed by atoms with Crippen LogP contribution in [-0.2, 0) is 4.74 Å². The van der Waals surface area contributed by atoms with Gasteiger partial charge in [0, 0.05) is 19.4 Å². The normalized spacial score (nSPS) is 19.5. The molecule has 0 unspecified atom stereocenters. The molecule has 1 saturated heterocycles. The SMILES string of the molecule is O=C(N[C-]=NN=[C-]C1CC1)c1ccn(C2CCOCC2)n1.[U+2]. The second-order valence-electron chi connectivity index (χ2n) is 5.19. The molecule has 1 amide bonds. The van der Waals surface area contributed by atoms with Crippen molar-refractivity contribution in [3.8, 4) is 0 Å². The molecule has 8 heteroatoms. The van der Waals surface area contributed by atoms with Crippen LogP contribution in [0.5, 0.6) is 0 Å². The Morgan fingerprint density at radius 3 is 2.82 bits per heavy atom. The minimum atomic E-state index is -0.341. The van der Waals surface area contributed by atoms with Crippen LogP contribution in [0.1, 0.15) is 42.2 Å². The van der Waals surface area contributed by atoms with Gasteiger partial charge in [0.05, 0.1) is 11.7 Å². The third-order valence-corrected chi connectivity index (χ3v) is 3.49. The molecule has 0 bridgehead atoms. The first kappa shape index (κ1) is 17.4. The summed E-state index contributed by atoms with van der Waals surface area (Å²) < 4.78 is 7.14. The van der Waals surface area contributed by atoms with E-state index in [9.17, 15) is 4.79 Å². The van der Waals surface area contributed by atoms with Gasteiger partial charge in [0.25, 0.3) is 0 Å². The van der Waals surface area contributed by atoms with Gasteiger partial charge in [-0.15, -0.1) is 0 Å². The third kappa shape index (κ3) is 5.04. The molecule has 1 aromatic heterocycles. The molecule has 22 heavy (non-hydrogen) atoms. The standard InChI is InChI=1S/C14H17N5O2.U/c20-14(15-10-17-16-9-11-1-2-11)13-3-6-19(18-13)12-4-7-21-8-5-12;/h3,6,11-12H,1-2,4-5,7-8H2,(H,15,17,20);/q-2;+2. The molecule has 0 spiro atoms. The van der Waals surface area contributed by atoms with E-state index >= 15 is 0 Å². The van der Waals surface area contributed by atoms with E-state index in [-0.39, 0.29) is 37.0 Å². The maximum Gasteiger partial charge on any atom is 2.00 e. The average Bonchev–Trinajstić information content (AvgIpc) is 3.21. The molecule has 2 fully saturated rings. The molecule has 3 rings (SSSR count). The van der Waals surface area contributed by atoms with Crippen molar-refractivity contribution in [2.45, 2.75) is 31.7 Å². The van der Waals surface area contributed by atoms with E-state index < -0.39 is 0 Å². The Morgan fingerprint density at radius 1 is 1.32 bits per heavy atom. The quantitative estimate of drug-likeness (QED) is 0.206. The zero-order chi connectivity index (χ0) is 14.5. The maximum absolute atomic E-state index is 11.9. The minimum absolute atomic E-state index is 0. The molecule has 2 aliphatic rings. The minimum Gasteiger partial charge on any atom is -0.473 e. The number of nitrogens with one attached hydrogen (secondary N) is 1. The molecule has 114 valence electrons. The summed E-state index contributed by atoms with van der Waals surface area (Å²) in [5, 5.41) is 14.0. The van der Waals surface area contributed by atoms with Crippen LogP contribution in [0.2, 0.25) is 0 Å². The van der Waals surface area contributed by atoms with Crippen molar-refractivity contribution in [2.24, 2.45) is 16.1 Å². The van der Waals surface area contributed by atoms with Crippen LogP contribution in [0.4, 0.5) is 0 Å². The number of ether oxygens (including phenoxy) is 1. The van der Waals surface area contributed by atoms with Gasteiger partial charge in [0.15, 0.2) is 0 Å². The topological polar surface area (TPSA) is 80.9 Å².